The summed E-state index contributed by atoms with van der Waals surface area (Å²) in [6.45, 7) is 5.77. The molecule has 5 rings (SSSR count). The van der Waals surface area contributed by atoms with E-state index >= 15 is 0 Å². The minimum Gasteiger partial charge on any atom is -0.368 e. The van der Waals surface area contributed by atoms with Crippen LogP contribution in [0.25, 0.3) is 0 Å². The second-order valence-corrected chi connectivity index (χ2v) is 10.2. The van der Waals surface area contributed by atoms with E-state index in [0.29, 0.717) is 48.6 Å². The molecule has 0 unspecified atom stereocenters. The Kier molecular flexibility index (Phi) is 7.89. The highest BCUT2D eigenvalue weighted by atomic mass is 16.2. The van der Waals surface area contributed by atoms with Crippen molar-refractivity contribution < 1.29 is 14.4 Å². The van der Waals surface area contributed by atoms with Crippen LogP contribution in [0.1, 0.15) is 52.0 Å². The molecular formula is C29H34N6O3. The van der Waals surface area contributed by atoms with Crippen LogP contribution >= 0.6 is 0 Å². The largest absolute Gasteiger partial charge is 0.368 e. The average molecular weight is 515 g/mol. The van der Waals surface area contributed by atoms with Gasteiger partial charge in [0.05, 0.1) is 23.0 Å². The van der Waals surface area contributed by atoms with Crippen LogP contribution in [0.5, 0.6) is 0 Å². The molecule has 2 aromatic rings. The van der Waals surface area contributed by atoms with Crippen molar-refractivity contribution in [3.05, 3.63) is 59.2 Å². The second-order valence-electron chi connectivity index (χ2n) is 10.2. The first-order valence-electron chi connectivity index (χ1n) is 13.5. The molecule has 9 heteroatoms. The molecule has 2 aromatic carbocycles. The van der Waals surface area contributed by atoms with Crippen LogP contribution in [0.2, 0.25) is 0 Å². The Hall–Kier alpha value is -3.90. The summed E-state index contributed by atoms with van der Waals surface area (Å²) in [6.07, 6.45) is 3.72. The van der Waals surface area contributed by atoms with E-state index in [9.17, 15) is 14.4 Å². The molecule has 2 heterocycles. The Morgan fingerprint density at radius 3 is 2.37 bits per heavy atom. The number of amides is 3. The molecule has 3 fully saturated rings. The van der Waals surface area contributed by atoms with Crippen LogP contribution in [-0.4, -0.2) is 79.9 Å². The van der Waals surface area contributed by atoms with E-state index in [1.165, 1.54) is 0 Å². The SMILES string of the molecule is N#Cc1ccc(C(=O)Nc2cc(C(=O)N3CCCNCC3)ccc2N2CCCN(C(=O)C3CC3)CC2)cc1. The van der Waals surface area contributed by atoms with Crippen LogP contribution in [-0.2, 0) is 4.79 Å². The Balaban J connectivity index is 1.40. The van der Waals surface area contributed by atoms with Crippen molar-refractivity contribution in [3.8, 4) is 6.07 Å². The first kappa shape index (κ1) is 25.7. The van der Waals surface area contributed by atoms with Crippen molar-refractivity contribution in [1.82, 2.24) is 15.1 Å². The average Bonchev–Trinajstić information content (AvgIpc) is 3.81. The van der Waals surface area contributed by atoms with Crippen LogP contribution < -0.4 is 15.5 Å². The zero-order valence-electron chi connectivity index (χ0n) is 21.6. The zero-order valence-corrected chi connectivity index (χ0v) is 21.6. The van der Waals surface area contributed by atoms with Gasteiger partial charge in [-0.2, -0.15) is 5.26 Å². The number of anilines is 2. The summed E-state index contributed by atoms with van der Waals surface area (Å²) in [5, 5.41) is 15.4. The quantitative estimate of drug-likeness (QED) is 0.635. The van der Waals surface area contributed by atoms with Crippen molar-refractivity contribution in [2.45, 2.75) is 25.7 Å². The topological polar surface area (TPSA) is 109 Å². The van der Waals surface area contributed by atoms with E-state index in [4.69, 9.17) is 5.26 Å². The van der Waals surface area contributed by atoms with Crippen LogP contribution in [0.15, 0.2) is 42.5 Å². The van der Waals surface area contributed by atoms with E-state index in [-0.39, 0.29) is 23.6 Å². The third kappa shape index (κ3) is 5.97. The number of hydrogen-bond donors (Lipinski definition) is 2. The van der Waals surface area contributed by atoms with Gasteiger partial charge >= 0.3 is 0 Å². The molecule has 38 heavy (non-hydrogen) atoms. The summed E-state index contributed by atoms with van der Waals surface area (Å²) >= 11 is 0. The minimum absolute atomic E-state index is 0.0498. The summed E-state index contributed by atoms with van der Waals surface area (Å²) in [7, 11) is 0. The van der Waals surface area contributed by atoms with Gasteiger partial charge in [0, 0.05) is 62.9 Å². The number of nitrogens with one attached hydrogen (secondary N) is 2. The molecule has 1 aliphatic carbocycles. The van der Waals surface area contributed by atoms with E-state index < -0.39 is 0 Å². The maximum absolute atomic E-state index is 13.4. The van der Waals surface area contributed by atoms with Crippen LogP contribution in [0.4, 0.5) is 11.4 Å². The fraction of sp³-hybridized carbons (Fsp3) is 0.448. The van der Waals surface area contributed by atoms with Gasteiger partial charge < -0.3 is 25.3 Å². The Morgan fingerprint density at radius 2 is 1.61 bits per heavy atom. The highest BCUT2D eigenvalue weighted by Crippen LogP contribution is 2.33. The van der Waals surface area contributed by atoms with E-state index in [0.717, 1.165) is 57.5 Å². The molecule has 198 valence electrons. The predicted octanol–water partition coefficient (Wildman–Crippen LogP) is 2.69. The van der Waals surface area contributed by atoms with Crippen LogP contribution in [0.3, 0.4) is 0 Å². The number of carbonyl (C=O) groups is 3. The van der Waals surface area contributed by atoms with Crippen molar-refractivity contribution in [1.29, 1.82) is 5.26 Å². The summed E-state index contributed by atoms with van der Waals surface area (Å²) < 4.78 is 0. The van der Waals surface area contributed by atoms with Crippen molar-refractivity contribution in [2.75, 3.05) is 62.6 Å². The molecule has 0 spiro atoms. The van der Waals surface area contributed by atoms with Crippen molar-refractivity contribution >= 4 is 29.1 Å². The minimum atomic E-state index is -0.306. The maximum atomic E-state index is 13.4. The van der Waals surface area contributed by atoms with Gasteiger partial charge in [0.2, 0.25) is 5.91 Å². The molecule has 3 amide bonds. The van der Waals surface area contributed by atoms with Crippen LogP contribution in [0, 0.1) is 17.2 Å². The number of rotatable bonds is 5. The molecule has 0 bridgehead atoms. The lowest BCUT2D eigenvalue weighted by atomic mass is 10.1. The van der Waals surface area contributed by atoms with Crippen molar-refractivity contribution in [3.63, 3.8) is 0 Å². The van der Waals surface area contributed by atoms with Gasteiger partial charge in [-0.25, -0.2) is 0 Å². The lowest BCUT2D eigenvalue weighted by Crippen LogP contribution is -2.36. The van der Waals surface area contributed by atoms with Gasteiger partial charge in [-0.3, -0.25) is 14.4 Å². The lowest BCUT2D eigenvalue weighted by Gasteiger charge is -2.27. The molecule has 0 atom stereocenters. The Bertz CT molecular complexity index is 1230. The third-order valence-corrected chi connectivity index (χ3v) is 7.47. The van der Waals surface area contributed by atoms with Crippen molar-refractivity contribution in [2.24, 2.45) is 5.92 Å². The molecular weight excluding hydrogens is 480 g/mol. The first-order chi connectivity index (χ1) is 18.5. The fourth-order valence-electron chi connectivity index (χ4n) is 5.13. The first-order valence-corrected chi connectivity index (χ1v) is 13.5. The van der Waals surface area contributed by atoms with Gasteiger partial charge in [-0.05, 0) is 74.7 Å². The van der Waals surface area contributed by atoms with Gasteiger partial charge in [0.15, 0.2) is 0 Å². The van der Waals surface area contributed by atoms with E-state index in [1.807, 2.05) is 21.9 Å². The highest BCUT2D eigenvalue weighted by Gasteiger charge is 2.34. The molecule has 2 saturated heterocycles. The summed E-state index contributed by atoms with van der Waals surface area (Å²) in [6, 6.07) is 14.1. The number of benzene rings is 2. The maximum Gasteiger partial charge on any atom is 0.255 e. The molecule has 0 aromatic heterocycles. The van der Waals surface area contributed by atoms with Gasteiger partial charge in [0.1, 0.15) is 0 Å². The van der Waals surface area contributed by atoms with Gasteiger partial charge in [-0.15, -0.1) is 0 Å². The Labute approximate surface area is 223 Å². The monoisotopic (exact) mass is 514 g/mol. The molecule has 9 nitrogen and oxygen atoms in total. The predicted molar refractivity (Wildman–Crippen MR) is 145 cm³/mol. The lowest BCUT2D eigenvalue weighted by molar-refractivity contribution is -0.132. The molecule has 2 aliphatic heterocycles. The summed E-state index contributed by atoms with van der Waals surface area (Å²) in [4.78, 5) is 45.2. The molecule has 3 aliphatic rings. The standard InChI is InChI=1S/C29H34N6O3/c30-20-21-3-5-22(6-4-21)27(36)32-25-19-24(29(38)34-13-1-11-31-12-16-34)9-10-26(25)33-14-2-15-35(18-17-33)28(37)23-7-8-23/h3-6,9-10,19,23,31H,1-2,7-8,11-18H2,(H,32,36). The smallest absolute Gasteiger partial charge is 0.255 e. The van der Waals surface area contributed by atoms with E-state index in [2.05, 4.69) is 21.6 Å². The fourth-order valence-corrected chi connectivity index (χ4v) is 5.13. The van der Waals surface area contributed by atoms with Gasteiger partial charge in [0.25, 0.3) is 11.8 Å². The van der Waals surface area contributed by atoms with Gasteiger partial charge in [-0.1, -0.05) is 0 Å². The number of carbonyl (C=O) groups excluding carboxylic acids is 3. The summed E-state index contributed by atoms with van der Waals surface area (Å²) in [5.41, 5.74) is 2.85. The number of hydrogen-bond acceptors (Lipinski definition) is 6. The van der Waals surface area contributed by atoms with E-state index in [1.54, 1.807) is 30.3 Å². The Morgan fingerprint density at radius 1 is 0.842 bits per heavy atom. The highest BCUT2D eigenvalue weighted by molar-refractivity contribution is 6.07. The molecule has 2 N–H and O–H groups in total. The second kappa shape index (κ2) is 11.7. The molecule has 1 saturated carbocycles. The molecule has 0 radical (unpaired) electrons. The third-order valence-electron chi connectivity index (χ3n) is 7.47. The zero-order chi connectivity index (χ0) is 26.5. The normalized spacial score (nSPS) is 18.2. The summed E-state index contributed by atoms with van der Waals surface area (Å²) in [5.74, 6) is 0.100. The number of nitrogens with zero attached hydrogens (tertiary/aromatic N) is 4. The number of nitriles is 1.